The summed E-state index contributed by atoms with van der Waals surface area (Å²) in [6.07, 6.45) is 9.15. The zero-order valence-electron chi connectivity index (χ0n) is 18.2. The second kappa shape index (κ2) is 9.40. The molecular weight excluding hydrogens is 370 g/mol. The molecule has 4 heteroatoms. The van der Waals surface area contributed by atoms with Gasteiger partial charge in [0.15, 0.2) is 0 Å². The van der Waals surface area contributed by atoms with Gasteiger partial charge in [0.25, 0.3) is 5.89 Å². The zero-order valence-corrected chi connectivity index (χ0v) is 18.2. The van der Waals surface area contributed by atoms with Crippen molar-refractivity contribution in [3.05, 3.63) is 77.7 Å². The summed E-state index contributed by atoms with van der Waals surface area (Å²) in [6.45, 7) is 2.07. The summed E-state index contributed by atoms with van der Waals surface area (Å²) in [5.74, 6) is 2.51. The fourth-order valence-electron chi connectivity index (χ4n) is 4.64. The number of allylic oxidation sites excluding steroid dienone is 1. The van der Waals surface area contributed by atoms with Crippen LogP contribution in [0.4, 0.5) is 0 Å². The monoisotopic (exact) mass is 401 g/mol. The molecule has 30 heavy (non-hydrogen) atoms. The molecule has 1 aromatic heterocycles. The molecular formula is C26H31N3O. The van der Waals surface area contributed by atoms with Crippen LogP contribution in [0.5, 0.6) is 0 Å². The lowest BCUT2D eigenvalue weighted by Gasteiger charge is -2.37. The zero-order chi connectivity index (χ0) is 20.9. The van der Waals surface area contributed by atoms with Crippen molar-refractivity contribution in [2.75, 3.05) is 14.1 Å². The minimum absolute atomic E-state index is 0.490. The Labute approximate surface area is 179 Å². The maximum absolute atomic E-state index is 5.43. The van der Waals surface area contributed by atoms with Crippen LogP contribution in [0.3, 0.4) is 0 Å². The number of aromatic nitrogens is 2. The quantitative estimate of drug-likeness (QED) is 0.495. The van der Waals surface area contributed by atoms with E-state index in [1.807, 2.05) is 18.2 Å². The first-order valence-electron chi connectivity index (χ1n) is 10.9. The van der Waals surface area contributed by atoms with Gasteiger partial charge in [-0.15, -0.1) is 0 Å². The molecule has 4 rings (SSSR count). The normalized spacial score (nSPS) is 20.7. The second-order valence-electron chi connectivity index (χ2n) is 8.68. The van der Waals surface area contributed by atoms with Gasteiger partial charge in [0.05, 0.1) is 0 Å². The molecule has 1 heterocycles. The summed E-state index contributed by atoms with van der Waals surface area (Å²) < 4.78 is 5.43. The lowest BCUT2D eigenvalue weighted by atomic mass is 9.76. The first-order chi connectivity index (χ1) is 14.6. The second-order valence-corrected chi connectivity index (χ2v) is 8.68. The first kappa shape index (κ1) is 20.5. The van der Waals surface area contributed by atoms with Crippen LogP contribution in [0.2, 0.25) is 0 Å². The highest BCUT2D eigenvalue weighted by Crippen LogP contribution is 2.39. The van der Waals surface area contributed by atoms with E-state index in [-0.39, 0.29) is 0 Å². The van der Waals surface area contributed by atoms with Crippen LogP contribution >= 0.6 is 0 Å². The van der Waals surface area contributed by atoms with Gasteiger partial charge in [-0.25, -0.2) is 0 Å². The van der Waals surface area contributed by atoms with Crippen molar-refractivity contribution in [2.45, 2.75) is 38.6 Å². The highest BCUT2D eigenvalue weighted by atomic mass is 16.5. The Bertz CT molecular complexity index is 951. The topological polar surface area (TPSA) is 42.2 Å². The molecule has 1 unspecified atom stereocenters. The third-order valence-electron chi connectivity index (χ3n) is 6.22. The van der Waals surface area contributed by atoms with Crippen molar-refractivity contribution in [3.8, 4) is 11.4 Å². The number of rotatable bonds is 6. The molecule has 1 aliphatic carbocycles. The van der Waals surface area contributed by atoms with Gasteiger partial charge in [-0.3, -0.25) is 0 Å². The summed E-state index contributed by atoms with van der Waals surface area (Å²) in [6, 6.07) is 19.6. The van der Waals surface area contributed by atoms with Crippen LogP contribution in [-0.4, -0.2) is 29.1 Å². The molecule has 0 bridgehead atoms. The largest absolute Gasteiger partial charge is 0.334 e. The molecule has 1 saturated carbocycles. The molecule has 3 aromatic rings. The van der Waals surface area contributed by atoms with Gasteiger partial charge in [0, 0.05) is 11.6 Å². The standard InChI is InChI=1S/C26H31N3O/c1-19-9-14-23(15-10-19)26-27-24(30-28-26)18-13-20-11-16-22(17-12-20)25(29(2)3)21-7-5-4-6-8-21/h4-10,13-15,18,20,22,25H,11-12,16-17H2,1-3H3. The van der Waals surface area contributed by atoms with Crippen LogP contribution in [0.1, 0.15) is 48.7 Å². The van der Waals surface area contributed by atoms with E-state index in [2.05, 4.69) is 84.6 Å². The summed E-state index contributed by atoms with van der Waals surface area (Å²) in [4.78, 5) is 6.91. The van der Waals surface area contributed by atoms with Crippen molar-refractivity contribution in [2.24, 2.45) is 11.8 Å². The van der Waals surface area contributed by atoms with Crippen molar-refractivity contribution < 1.29 is 4.52 Å². The Morgan fingerprint density at radius 2 is 1.67 bits per heavy atom. The maximum Gasteiger partial charge on any atom is 0.250 e. The van der Waals surface area contributed by atoms with Crippen LogP contribution in [0, 0.1) is 18.8 Å². The average Bonchev–Trinajstić information content (AvgIpc) is 3.23. The fourth-order valence-corrected chi connectivity index (χ4v) is 4.64. The number of benzene rings is 2. The average molecular weight is 402 g/mol. The van der Waals surface area contributed by atoms with Crippen molar-refractivity contribution in [1.29, 1.82) is 0 Å². The van der Waals surface area contributed by atoms with Crippen LogP contribution in [0.25, 0.3) is 17.5 Å². The van der Waals surface area contributed by atoms with Gasteiger partial charge in [-0.05, 0) is 70.2 Å². The third-order valence-corrected chi connectivity index (χ3v) is 6.22. The minimum Gasteiger partial charge on any atom is -0.334 e. The number of nitrogens with zero attached hydrogens (tertiary/aromatic N) is 3. The van der Waals surface area contributed by atoms with E-state index in [0.29, 0.717) is 29.6 Å². The molecule has 2 aromatic carbocycles. The summed E-state index contributed by atoms with van der Waals surface area (Å²) >= 11 is 0. The third kappa shape index (κ3) is 4.88. The molecule has 156 valence electrons. The van der Waals surface area contributed by atoms with Gasteiger partial charge < -0.3 is 9.42 Å². The highest BCUT2D eigenvalue weighted by molar-refractivity contribution is 5.56. The van der Waals surface area contributed by atoms with Gasteiger partial charge in [-0.2, -0.15) is 4.98 Å². The number of aryl methyl sites for hydroxylation is 1. The Hall–Kier alpha value is -2.72. The van der Waals surface area contributed by atoms with E-state index < -0.39 is 0 Å². The van der Waals surface area contributed by atoms with Crippen molar-refractivity contribution in [3.63, 3.8) is 0 Å². The molecule has 0 saturated heterocycles. The Kier molecular flexibility index (Phi) is 6.44. The molecule has 0 amide bonds. The number of hydrogen-bond acceptors (Lipinski definition) is 4. The van der Waals surface area contributed by atoms with Crippen LogP contribution < -0.4 is 0 Å². The smallest absolute Gasteiger partial charge is 0.250 e. The van der Waals surface area contributed by atoms with E-state index in [1.54, 1.807) is 0 Å². The molecule has 0 N–H and O–H groups in total. The van der Waals surface area contributed by atoms with Gasteiger partial charge in [0.1, 0.15) is 0 Å². The Morgan fingerprint density at radius 1 is 0.967 bits per heavy atom. The van der Waals surface area contributed by atoms with Crippen LogP contribution in [-0.2, 0) is 0 Å². The summed E-state index contributed by atoms with van der Waals surface area (Å²) in [5.41, 5.74) is 3.64. The lowest BCUT2D eigenvalue weighted by Crippen LogP contribution is -2.30. The highest BCUT2D eigenvalue weighted by Gasteiger charge is 2.29. The predicted octanol–water partition coefficient (Wildman–Crippen LogP) is 6.17. The molecule has 0 aliphatic heterocycles. The number of hydrogen-bond donors (Lipinski definition) is 0. The van der Waals surface area contributed by atoms with E-state index in [1.165, 1.54) is 36.8 Å². The van der Waals surface area contributed by atoms with Gasteiger partial charge in [-0.1, -0.05) is 71.4 Å². The SMILES string of the molecule is Cc1ccc(-c2noc(C=CC3CCC(C(c4ccccc4)N(C)C)CC3)n2)cc1. The first-order valence-corrected chi connectivity index (χ1v) is 10.9. The van der Waals surface area contributed by atoms with Crippen LogP contribution in [0.15, 0.2) is 65.2 Å². The Morgan fingerprint density at radius 3 is 2.33 bits per heavy atom. The van der Waals surface area contributed by atoms with E-state index >= 15 is 0 Å². The minimum atomic E-state index is 0.490. The Balaban J connectivity index is 1.35. The lowest BCUT2D eigenvalue weighted by molar-refractivity contribution is 0.159. The van der Waals surface area contributed by atoms with Gasteiger partial charge in [0.2, 0.25) is 5.82 Å². The summed E-state index contributed by atoms with van der Waals surface area (Å²) in [5, 5.41) is 4.13. The molecule has 1 fully saturated rings. The van der Waals surface area contributed by atoms with E-state index in [4.69, 9.17) is 4.52 Å². The van der Waals surface area contributed by atoms with E-state index in [9.17, 15) is 0 Å². The fraction of sp³-hybridized carbons (Fsp3) is 0.385. The molecule has 1 atom stereocenters. The van der Waals surface area contributed by atoms with Gasteiger partial charge >= 0.3 is 0 Å². The predicted molar refractivity (Wildman–Crippen MR) is 122 cm³/mol. The molecule has 0 spiro atoms. The summed E-state index contributed by atoms with van der Waals surface area (Å²) in [7, 11) is 4.40. The molecule has 4 nitrogen and oxygen atoms in total. The molecule has 0 radical (unpaired) electrons. The maximum atomic E-state index is 5.43. The van der Waals surface area contributed by atoms with E-state index in [0.717, 1.165) is 5.56 Å². The van der Waals surface area contributed by atoms with Crippen molar-refractivity contribution in [1.82, 2.24) is 15.0 Å². The molecule has 1 aliphatic rings. The van der Waals surface area contributed by atoms with Crippen molar-refractivity contribution >= 4 is 6.08 Å².